The number of alkyl halides is 1. The normalized spacial score (nSPS) is 11.5. The van der Waals surface area contributed by atoms with E-state index in [1.807, 2.05) is 105 Å². The van der Waals surface area contributed by atoms with Crippen LogP contribution in [0, 0.1) is 41.5 Å². The molecule has 0 bridgehead atoms. The number of aliphatic carboxylic acids is 1. The third kappa shape index (κ3) is 23.0. The van der Waals surface area contributed by atoms with Crippen LogP contribution in [-0.4, -0.2) is 70.5 Å². The van der Waals surface area contributed by atoms with Crippen molar-refractivity contribution in [2.75, 3.05) is 13.2 Å². The molecule has 0 amide bonds. The van der Waals surface area contributed by atoms with E-state index in [0.717, 1.165) is 98.4 Å². The van der Waals surface area contributed by atoms with E-state index in [-0.39, 0.29) is 177 Å². The fourth-order valence-corrected chi connectivity index (χ4v) is 11.7. The first-order valence-corrected chi connectivity index (χ1v) is 31.9. The number of aromatic nitrogens is 6. The van der Waals surface area contributed by atoms with Crippen LogP contribution in [0.4, 0.5) is 0 Å². The molecule has 9 rings (SSSR count). The summed E-state index contributed by atoms with van der Waals surface area (Å²) >= 11 is 3.44. The maximum Gasteiger partial charge on any atom is 1.00 e. The van der Waals surface area contributed by atoms with E-state index in [1.54, 1.807) is 32.1 Å². The van der Waals surface area contributed by atoms with Crippen LogP contribution in [0.1, 0.15) is 162 Å². The second-order valence-corrected chi connectivity index (χ2v) is 22.9. The van der Waals surface area contributed by atoms with Gasteiger partial charge in [-0.05, 0) is 144 Å². The first-order chi connectivity index (χ1) is 43.2. The number of rotatable bonds is 23. The van der Waals surface area contributed by atoms with Crippen LogP contribution in [0.2, 0.25) is 0 Å². The van der Waals surface area contributed by atoms with E-state index in [4.69, 9.17) is 19.5 Å². The quantitative estimate of drug-likeness (QED) is 0.0159. The summed E-state index contributed by atoms with van der Waals surface area (Å²) in [7, 11) is 0. The van der Waals surface area contributed by atoms with Crippen molar-refractivity contribution in [3.8, 4) is 0 Å². The molecule has 0 saturated heterocycles. The molecule has 0 fully saturated rings. The van der Waals surface area contributed by atoms with Crippen LogP contribution in [0.3, 0.4) is 0 Å². The monoisotopic (exact) mass is 1370 g/mol. The summed E-state index contributed by atoms with van der Waals surface area (Å²) in [5.41, 5.74) is 15.6. The Morgan fingerprint density at radius 1 is 0.533 bits per heavy atom. The number of para-hydroxylation sites is 6. The molecule has 0 saturated carbocycles. The van der Waals surface area contributed by atoms with Crippen molar-refractivity contribution in [2.24, 2.45) is 0 Å². The van der Waals surface area contributed by atoms with E-state index < -0.39 is 5.97 Å². The maximum atomic E-state index is 13.5. The fourth-order valence-electron chi connectivity index (χ4n) is 11.1. The molecule has 3 aromatic heterocycles. The van der Waals surface area contributed by atoms with Gasteiger partial charge in [0.2, 0.25) is 0 Å². The van der Waals surface area contributed by atoms with Crippen molar-refractivity contribution in [3.63, 3.8) is 0 Å². The molecule has 0 radical (unpaired) electrons. The van der Waals surface area contributed by atoms with E-state index in [0.29, 0.717) is 32.7 Å². The number of carboxylic acid groups (broad SMARTS) is 1. The number of carbonyl (C=O) groups is 4. The molecule has 18 nitrogen and oxygen atoms in total. The Kier molecular flexibility index (Phi) is 36.5. The zero-order chi connectivity index (χ0) is 66.0. The van der Waals surface area contributed by atoms with Gasteiger partial charge in [0.1, 0.15) is 0 Å². The standard InChI is InChI=1S/C24H30N2O3.C22H26N2O3.C15H20N2O3.C9H11Br.CH2O3.2K.H/c1-5-9-20(15-23(27)29-6-2)26-22-11-8-7-10-21(22)25(24(26)28)16-19-14-17(3)12-13-18(19)4;1-4-7-18(13-21(25)26)24-20-9-6-5-8-19(20)23(22(24)27)14-17-12-15(2)10-11-16(17)3;1-3-7-11(10-14(18)20-4-2)17-13-9-6-5-8-12(13)16-15(17)19;1-7-3-4-8(2)9(5-7)6-10;2-1-4-3;;;/h7-8,10-14,20H,5-6,9,15-16H2,1-4H3;5-6,8-12,18H,4,7,13-14H2,1-3H3,(H,25,26);5-6,8-9,11H,3-4,7,10H2,1-2H3,(H,16,19);3-5H,6H2,1-2H3;1,3H;;;/q;;;;;2*+1;-1/p-1. The number of imidazole rings is 3. The molecule has 2 N–H and O–H groups in total. The van der Waals surface area contributed by atoms with Crippen molar-refractivity contribution >= 4 is 73.4 Å². The molecule has 0 aliphatic heterocycles. The van der Waals surface area contributed by atoms with Crippen molar-refractivity contribution in [1.82, 2.24) is 27.8 Å². The number of halogens is 1. The molecule has 3 atom stereocenters. The molecule has 92 heavy (non-hydrogen) atoms. The number of carbonyl (C=O) groups excluding carboxylic acids is 3. The SMILES string of the molecule is CCCC(CC(=O)O)n1c(=O)n(Cc2cc(C)ccc2C)c2ccccc21.CCCC(CC(=O)OCC)n1c(=O)[nH]c2ccccc21.CCCC(CC(=O)OCC)n1c(=O)n(Cc2cc(C)ccc2C)c2ccccc21.Cc1ccc(C)c(CBr)c1.O=CO[O-].[H-].[K+].[K+]. The van der Waals surface area contributed by atoms with Crippen molar-refractivity contribution < 1.29 is 148 Å². The van der Waals surface area contributed by atoms with Gasteiger partial charge in [-0.3, -0.25) is 42.0 Å². The number of carboxylic acids is 1. The minimum absolute atomic E-state index is 0. The van der Waals surface area contributed by atoms with E-state index in [1.165, 1.54) is 22.3 Å². The Morgan fingerprint density at radius 2 is 0.880 bits per heavy atom. The second kappa shape index (κ2) is 41.5. The third-order valence-corrected chi connectivity index (χ3v) is 16.1. The number of ether oxygens (including phenoxy) is 2. The van der Waals surface area contributed by atoms with Gasteiger partial charge in [-0.1, -0.05) is 164 Å². The number of hydrogen-bond donors (Lipinski definition) is 2. The summed E-state index contributed by atoms with van der Waals surface area (Å²) in [6, 6.07) is 41.3. The zero-order valence-electron chi connectivity index (χ0n) is 56.9. The Labute approximate surface area is 634 Å². The summed E-state index contributed by atoms with van der Waals surface area (Å²) in [6.45, 7) is 23.7. The van der Waals surface area contributed by atoms with Gasteiger partial charge in [-0.25, -0.2) is 14.4 Å². The number of esters is 2. The van der Waals surface area contributed by atoms with Gasteiger partial charge in [0.05, 0.1) is 78.7 Å². The smallest absolute Gasteiger partial charge is 1.00 e. The zero-order valence-corrected chi connectivity index (χ0v) is 63.7. The average molecular weight is 1380 g/mol. The molecular formula is C71H89BrK2N6O12. The number of hydrogen-bond acceptors (Lipinski definition) is 11. The van der Waals surface area contributed by atoms with Crippen LogP contribution in [0.15, 0.2) is 142 Å². The van der Waals surface area contributed by atoms with Gasteiger partial charge in [0.15, 0.2) is 0 Å². The van der Waals surface area contributed by atoms with Crippen LogP contribution < -0.4 is 125 Å². The molecule has 9 aromatic rings. The molecule has 0 aliphatic carbocycles. The number of fused-ring (bicyclic) bond motifs is 3. The molecule has 484 valence electrons. The van der Waals surface area contributed by atoms with Gasteiger partial charge in [-0.15, -0.1) is 0 Å². The fraction of sp³-hybridized carbons (Fsp3) is 0.394. The van der Waals surface area contributed by atoms with E-state index >= 15 is 0 Å². The number of benzene rings is 6. The summed E-state index contributed by atoms with van der Waals surface area (Å²) in [6.07, 6.45) is 5.15. The Bertz CT molecular complexity index is 4020. The topological polar surface area (TPSA) is 231 Å². The first-order valence-electron chi connectivity index (χ1n) is 30.8. The number of aromatic amines is 1. The molecule has 3 heterocycles. The van der Waals surface area contributed by atoms with Crippen LogP contribution in [0.5, 0.6) is 0 Å². The summed E-state index contributed by atoms with van der Waals surface area (Å²) < 4.78 is 18.9. The number of nitrogens with one attached hydrogen (secondary N) is 1. The van der Waals surface area contributed by atoms with Gasteiger partial charge in [-0.2, -0.15) is 0 Å². The van der Waals surface area contributed by atoms with Gasteiger partial charge in [0.25, 0.3) is 6.47 Å². The maximum absolute atomic E-state index is 13.5. The molecular weight excluding hydrogens is 1290 g/mol. The van der Waals surface area contributed by atoms with Gasteiger partial charge < -0.3 is 31.1 Å². The van der Waals surface area contributed by atoms with E-state index in [9.17, 15) is 33.9 Å². The third-order valence-electron chi connectivity index (χ3n) is 15.5. The Morgan fingerprint density at radius 3 is 1.24 bits per heavy atom. The number of nitrogens with zero attached hydrogens (tertiary/aromatic N) is 5. The van der Waals surface area contributed by atoms with Crippen molar-refractivity contribution in [3.05, 3.63) is 209 Å². The van der Waals surface area contributed by atoms with E-state index in [2.05, 4.69) is 115 Å². The molecule has 6 aromatic carbocycles. The van der Waals surface area contributed by atoms with Crippen molar-refractivity contribution in [1.29, 1.82) is 0 Å². The largest absolute Gasteiger partial charge is 1.00 e. The first kappa shape index (κ1) is 81.0. The molecule has 3 unspecified atom stereocenters. The minimum Gasteiger partial charge on any atom is -1.00 e. The van der Waals surface area contributed by atoms with Gasteiger partial charge >= 0.3 is 138 Å². The predicted octanol–water partition coefficient (Wildman–Crippen LogP) is 7.42. The van der Waals surface area contributed by atoms with Gasteiger partial charge in [0, 0.05) is 23.5 Å². The van der Waals surface area contributed by atoms with Crippen LogP contribution in [-0.2, 0) is 52.0 Å². The summed E-state index contributed by atoms with van der Waals surface area (Å²) in [5.74, 6) is -1.40. The summed E-state index contributed by atoms with van der Waals surface area (Å²) in [4.78, 5) is 88.3. The molecule has 0 spiro atoms. The van der Waals surface area contributed by atoms with Crippen LogP contribution >= 0.6 is 15.9 Å². The number of aryl methyl sites for hydroxylation is 6. The predicted molar refractivity (Wildman–Crippen MR) is 358 cm³/mol. The molecule has 21 heteroatoms. The summed E-state index contributed by atoms with van der Waals surface area (Å²) in [5, 5.41) is 18.7. The minimum atomic E-state index is -0.883. The Hall–Kier alpha value is -5.28. The van der Waals surface area contributed by atoms with Crippen LogP contribution in [0.25, 0.3) is 33.1 Å². The van der Waals surface area contributed by atoms with Crippen molar-refractivity contribution in [2.45, 2.75) is 170 Å². The number of H-pyrrole nitrogens is 1. The second-order valence-electron chi connectivity index (χ2n) is 22.3. The Balaban J connectivity index is 0.000000428. The average Bonchev–Trinajstić information content (AvgIpc) is 1.63. The molecule has 0 aliphatic rings.